The second kappa shape index (κ2) is 7.61. The van der Waals surface area contributed by atoms with Gasteiger partial charge in [-0.1, -0.05) is 0 Å². The van der Waals surface area contributed by atoms with Crippen molar-refractivity contribution < 1.29 is 23.9 Å². The number of urea groups is 1. The molecule has 1 N–H and O–H groups in total. The topological polar surface area (TPSA) is 96.0 Å². The average molecular weight is 405 g/mol. The summed E-state index contributed by atoms with van der Waals surface area (Å²) in [4.78, 5) is 50.8. The first-order chi connectivity index (χ1) is 13.7. The summed E-state index contributed by atoms with van der Waals surface area (Å²) in [6.45, 7) is 1.87. The number of ether oxygens (including phenoxy) is 1. The number of imide groups is 1. The van der Waals surface area contributed by atoms with E-state index in [-0.39, 0.29) is 42.9 Å². The number of amides is 4. The molecule has 0 aromatic heterocycles. The molecule has 5 fully saturated rings. The minimum absolute atomic E-state index is 0.0652. The lowest BCUT2D eigenvalue weighted by atomic mass is 9.53. The van der Waals surface area contributed by atoms with Crippen LogP contribution in [0.4, 0.5) is 4.79 Å². The highest BCUT2D eigenvalue weighted by Gasteiger charge is 2.51. The molecule has 5 aliphatic rings. The molecule has 4 amide bonds. The Hall–Kier alpha value is -2.12. The minimum atomic E-state index is -0.836. The summed E-state index contributed by atoms with van der Waals surface area (Å²) in [5.41, 5.74) is -0.102. The molecular formula is C21H31N3O5. The number of hydrogen-bond donors (Lipinski definition) is 1. The van der Waals surface area contributed by atoms with Crippen LogP contribution in [0.3, 0.4) is 0 Å². The second-order valence-corrected chi connectivity index (χ2v) is 9.61. The Morgan fingerprint density at radius 2 is 1.72 bits per heavy atom. The van der Waals surface area contributed by atoms with Crippen molar-refractivity contribution in [3.63, 3.8) is 0 Å². The lowest BCUT2D eigenvalue weighted by molar-refractivity contribution is -0.156. The first-order valence-corrected chi connectivity index (χ1v) is 10.8. The average Bonchev–Trinajstić information content (AvgIpc) is 2.86. The van der Waals surface area contributed by atoms with Gasteiger partial charge in [0.05, 0.1) is 0 Å². The molecule has 0 aromatic carbocycles. The maximum Gasteiger partial charge on any atom is 0.326 e. The van der Waals surface area contributed by atoms with Crippen molar-refractivity contribution in [3.05, 3.63) is 0 Å². The second-order valence-electron chi connectivity index (χ2n) is 9.61. The summed E-state index contributed by atoms with van der Waals surface area (Å²) in [7, 11) is 1.57. The zero-order valence-electron chi connectivity index (χ0n) is 17.3. The molecule has 1 heterocycles. The Morgan fingerprint density at radius 3 is 2.24 bits per heavy atom. The molecule has 0 spiro atoms. The Kier molecular flexibility index (Phi) is 5.29. The van der Waals surface area contributed by atoms with Gasteiger partial charge in [-0.2, -0.15) is 0 Å². The molecule has 8 heteroatoms. The van der Waals surface area contributed by atoms with Crippen molar-refractivity contribution in [3.8, 4) is 0 Å². The lowest BCUT2D eigenvalue weighted by Crippen LogP contribution is -2.61. The Labute approximate surface area is 171 Å². The van der Waals surface area contributed by atoms with Crippen LogP contribution in [0.1, 0.15) is 58.3 Å². The summed E-state index contributed by atoms with van der Waals surface area (Å²) < 4.78 is 5.32. The number of rotatable bonds is 7. The van der Waals surface area contributed by atoms with E-state index in [1.165, 1.54) is 24.2 Å². The van der Waals surface area contributed by atoms with Crippen molar-refractivity contribution in [2.75, 3.05) is 20.1 Å². The largest absolute Gasteiger partial charge is 0.453 e. The van der Waals surface area contributed by atoms with E-state index in [0.29, 0.717) is 6.42 Å². The number of carbonyl (C=O) groups is 4. The molecular weight excluding hydrogens is 374 g/mol. The van der Waals surface area contributed by atoms with E-state index in [0.717, 1.165) is 41.9 Å². The van der Waals surface area contributed by atoms with Crippen LogP contribution in [-0.4, -0.2) is 65.4 Å². The van der Waals surface area contributed by atoms with E-state index < -0.39 is 12.1 Å². The number of likely N-dealkylation sites (N-methyl/N-ethyl adjacent to an activating group) is 1. The molecule has 4 aliphatic carbocycles. The molecule has 1 aliphatic heterocycles. The molecule has 0 radical (unpaired) electrons. The highest BCUT2D eigenvalue weighted by molar-refractivity contribution is 6.01. The van der Waals surface area contributed by atoms with Crippen LogP contribution in [0, 0.1) is 17.8 Å². The zero-order chi connectivity index (χ0) is 20.8. The molecule has 1 saturated heterocycles. The van der Waals surface area contributed by atoms with E-state index >= 15 is 0 Å². The van der Waals surface area contributed by atoms with E-state index in [4.69, 9.17) is 4.74 Å². The lowest BCUT2D eigenvalue weighted by Gasteiger charge is -2.57. The first-order valence-electron chi connectivity index (χ1n) is 10.8. The molecule has 4 saturated carbocycles. The summed E-state index contributed by atoms with van der Waals surface area (Å²) in [5, 5.41) is 3.23. The highest BCUT2D eigenvalue weighted by Crippen LogP contribution is 2.55. The van der Waals surface area contributed by atoms with E-state index in [1.54, 1.807) is 14.0 Å². The van der Waals surface area contributed by atoms with Crippen molar-refractivity contribution in [2.24, 2.45) is 17.8 Å². The van der Waals surface area contributed by atoms with Crippen molar-refractivity contribution in [1.82, 2.24) is 15.1 Å². The van der Waals surface area contributed by atoms with E-state index in [1.807, 2.05) is 0 Å². The van der Waals surface area contributed by atoms with Gasteiger partial charge in [0, 0.05) is 25.6 Å². The minimum Gasteiger partial charge on any atom is -0.453 e. The molecule has 29 heavy (non-hydrogen) atoms. The van der Waals surface area contributed by atoms with Crippen molar-refractivity contribution >= 4 is 23.8 Å². The molecule has 8 nitrogen and oxygen atoms in total. The van der Waals surface area contributed by atoms with Crippen molar-refractivity contribution in [2.45, 2.75) is 69.9 Å². The normalized spacial score (nSPS) is 33.9. The van der Waals surface area contributed by atoms with E-state index in [2.05, 4.69) is 5.32 Å². The van der Waals surface area contributed by atoms with Crippen LogP contribution in [0.15, 0.2) is 0 Å². The van der Waals surface area contributed by atoms with Crippen LogP contribution >= 0.6 is 0 Å². The predicted molar refractivity (Wildman–Crippen MR) is 104 cm³/mol. The van der Waals surface area contributed by atoms with Gasteiger partial charge in [0.25, 0.3) is 5.91 Å². The first kappa shape index (κ1) is 20.2. The van der Waals surface area contributed by atoms with Crippen LogP contribution in [0.5, 0.6) is 0 Å². The van der Waals surface area contributed by atoms with Gasteiger partial charge in [-0.3, -0.25) is 19.3 Å². The fourth-order valence-corrected chi connectivity index (χ4v) is 6.21. The van der Waals surface area contributed by atoms with Gasteiger partial charge < -0.3 is 15.0 Å². The summed E-state index contributed by atoms with van der Waals surface area (Å²) in [6, 6.07) is -0.341. The number of carbonyl (C=O) groups excluding carboxylic acids is 4. The third kappa shape index (κ3) is 4.12. The smallest absolute Gasteiger partial charge is 0.326 e. The molecule has 0 aromatic rings. The van der Waals surface area contributed by atoms with Crippen molar-refractivity contribution in [1.29, 1.82) is 0 Å². The summed E-state index contributed by atoms with van der Waals surface area (Å²) >= 11 is 0. The Bertz CT molecular complexity index is 686. The van der Waals surface area contributed by atoms with Crippen LogP contribution in [0.2, 0.25) is 0 Å². The molecule has 5 rings (SSSR count). The highest BCUT2D eigenvalue weighted by atomic mass is 16.5. The van der Waals surface area contributed by atoms with Gasteiger partial charge in [0.2, 0.25) is 5.91 Å². The monoisotopic (exact) mass is 405 g/mol. The van der Waals surface area contributed by atoms with Gasteiger partial charge in [0.15, 0.2) is 6.10 Å². The Balaban J connectivity index is 1.21. The summed E-state index contributed by atoms with van der Waals surface area (Å²) in [6.07, 6.45) is 6.62. The standard InChI is InChI=1S/C21H31N3O5/c1-13(29-18(26)4-3-5-24-17(25)12-23(2)20(24)28)19(27)22-21-9-14-6-15(10-21)8-16(7-14)11-21/h13-16H,3-12H2,1-2H3,(H,22,27)/t13-,14?,15?,16?,21?/m1/s1. The van der Waals surface area contributed by atoms with Gasteiger partial charge >= 0.3 is 12.0 Å². The zero-order valence-corrected chi connectivity index (χ0v) is 17.3. The summed E-state index contributed by atoms with van der Waals surface area (Å²) in [5.74, 6) is 1.24. The number of nitrogens with one attached hydrogen (secondary N) is 1. The van der Waals surface area contributed by atoms with Crippen LogP contribution in [0.25, 0.3) is 0 Å². The van der Waals surface area contributed by atoms with Gasteiger partial charge in [-0.25, -0.2) is 4.79 Å². The fourth-order valence-electron chi connectivity index (χ4n) is 6.21. The van der Waals surface area contributed by atoms with Gasteiger partial charge in [-0.15, -0.1) is 0 Å². The number of hydrogen-bond acceptors (Lipinski definition) is 5. The van der Waals surface area contributed by atoms with Gasteiger partial charge in [0.1, 0.15) is 6.54 Å². The Morgan fingerprint density at radius 1 is 1.14 bits per heavy atom. The number of nitrogens with zero attached hydrogens (tertiary/aromatic N) is 2. The van der Waals surface area contributed by atoms with Crippen LogP contribution in [-0.2, 0) is 19.1 Å². The number of esters is 1. The maximum atomic E-state index is 12.7. The molecule has 1 atom stereocenters. The van der Waals surface area contributed by atoms with E-state index in [9.17, 15) is 19.2 Å². The molecule has 160 valence electrons. The van der Waals surface area contributed by atoms with Gasteiger partial charge in [-0.05, 0) is 69.6 Å². The SMILES string of the molecule is C[C@@H](OC(=O)CCCN1C(=O)CN(C)C1=O)C(=O)NC12CC3CC(CC(C3)C1)C2. The van der Waals surface area contributed by atoms with Crippen LogP contribution < -0.4 is 5.32 Å². The maximum absolute atomic E-state index is 12.7. The predicted octanol–water partition coefficient (Wildman–Crippen LogP) is 1.68. The quantitative estimate of drug-likeness (QED) is 0.514. The third-order valence-electron chi connectivity index (χ3n) is 7.10. The third-order valence-corrected chi connectivity index (χ3v) is 7.10. The molecule has 0 unspecified atom stereocenters. The fraction of sp³-hybridized carbons (Fsp3) is 0.810. The molecule has 4 bridgehead atoms.